The molecule has 1 saturated heterocycles. The van der Waals surface area contributed by atoms with E-state index in [2.05, 4.69) is 0 Å². The summed E-state index contributed by atoms with van der Waals surface area (Å²) in [6.07, 6.45) is 1.66. The second-order valence-corrected chi connectivity index (χ2v) is 6.98. The molecule has 0 saturated carbocycles. The van der Waals surface area contributed by atoms with Gasteiger partial charge in [-0.15, -0.1) is 11.8 Å². The van der Waals surface area contributed by atoms with Crippen LogP contribution in [-0.2, 0) is 20.1 Å². The van der Waals surface area contributed by atoms with Crippen LogP contribution in [0.25, 0.3) is 0 Å². The monoisotopic (exact) mass is 355 g/mol. The van der Waals surface area contributed by atoms with Gasteiger partial charge in [-0.25, -0.2) is 0 Å². The van der Waals surface area contributed by atoms with E-state index in [1.807, 2.05) is 24.3 Å². The molecular formula is C17H22ClNO3S. The van der Waals surface area contributed by atoms with E-state index < -0.39 is 0 Å². The number of carbonyl (C=O) groups is 2. The first-order valence-electron chi connectivity index (χ1n) is 7.86. The number of halogens is 1. The lowest BCUT2D eigenvalue weighted by atomic mass is 9.98. The maximum Gasteiger partial charge on any atom is 0.310 e. The second kappa shape index (κ2) is 9.18. The van der Waals surface area contributed by atoms with Gasteiger partial charge in [0.25, 0.3) is 0 Å². The third kappa shape index (κ3) is 5.74. The first-order valence-corrected chi connectivity index (χ1v) is 9.40. The molecule has 0 bridgehead atoms. The fourth-order valence-corrected chi connectivity index (χ4v) is 3.72. The van der Waals surface area contributed by atoms with Crippen molar-refractivity contribution in [3.63, 3.8) is 0 Å². The van der Waals surface area contributed by atoms with E-state index in [0.717, 1.165) is 30.7 Å². The predicted octanol–water partition coefficient (Wildman–Crippen LogP) is 3.37. The highest BCUT2D eigenvalue weighted by Crippen LogP contribution is 2.20. The second-order valence-electron chi connectivity index (χ2n) is 5.55. The summed E-state index contributed by atoms with van der Waals surface area (Å²) in [5, 5.41) is 0.711. The van der Waals surface area contributed by atoms with E-state index in [1.54, 1.807) is 23.6 Å². The summed E-state index contributed by atoms with van der Waals surface area (Å²) < 4.78 is 5.06. The Morgan fingerprint density at radius 2 is 2.26 bits per heavy atom. The van der Waals surface area contributed by atoms with Gasteiger partial charge in [-0.05, 0) is 37.5 Å². The number of hydrogen-bond acceptors (Lipinski definition) is 4. The molecule has 23 heavy (non-hydrogen) atoms. The van der Waals surface area contributed by atoms with E-state index in [-0.39, 0.29) is 17.8 Å². The largest absolute Gasteiger partial charge is 0.466 e. The van der Waals surface area contributed by atoms with Gasteiger partial charge in [-0.2, -0.15) is 0 Å². The zero-order valence-electron chi connectivity index (χ0n) is 13.3. The average molecular weight is 356 g/mol. The van der Waals surface area contributed by atoms with Gasteiger partial charge in [0.2, 0.25) is 5.91 Å². The Labute approximate surface area is 146 Å². The number of carbonyl (C=O) groups excluding carboxylic acids is 2. The van der Waals surface area contributed by atoms with Crippen LogP contribution in [0.4, 0.5) is 0 Å². The number of thioether (sulfide) groups is 1. The molecule has 0 aromatic heterocycles. The van der Waals surface area contributed by atoms with E-state index in [1.165, 1.54) is 0 Å². The minimum absolute atomic E-state index is 0.0889. The SMILES string of the molecule is CCOC(=O)C1CCCN(C(=O)CSCc2cccc(Cl)c2)C1. The molecule has 0 N–H and O–H groups in total. The summed E-state index contributed by atoms with van der Waals surface area (Å²) >= 11 is 7.52. The van der Waals surface area contributed by atoms with Crippen molar-refractivity contribution < 1.29 is 14.3 Å². The van der Waals surface area contributed by atoms with Gasteiger partial charge < -0.3 is 9.64 Å². The van der Waals surface area contributed by atoms with Crippen LogP contribution in [-0.4, -0.2) is 42.2 Å². The maximum absolute atomic E-state index is 12.3. The number of amides is 1. The minimum atomic E-state index is -0.184. The molecule has 1 aromatic rings. The van der Waals surface area contributed by atoms with E-state index in [0.29, 0.717) is 23.9 Å². The zero-order chi connectivity index (χ0) is 16.7. The number of rotatable bonds is 6. The Morgan fingerprint density at radius 1 is 1.43 bits per heavy atom. The number of nitrogens with zero attached hydrogens (tertiary/aromatic N) is 1. The summed E-state index contributed by atoms with van der Waals surface area (Å²) in [6.45, 7) is 3.40. The summed E-state index contributed by atoms with van der Waals surface area (Å²) in [5.74, 6) is 0.900. The first kappa shape index (κ1) is 18.1. The Bertz CT molecular complexity index is 552. The normalized spacial score (nSPS) is 17.8. The molecular weight excluding hydrogens is 334 g/mol. The van der Waals surface area contributed by atoms with Crippen molar-refractivity contribution in [2.24, 2.45) is 5.92 Å². The molecule has 1 amide bonds. The first-order chi connectivity index (χ1) is 11.1. The van der Waals surface area contributed by atoms with Gasteiger partial charge in [0.15, 0.2) is 0 Å². The van der Waals surface area contributed by atoms with Crippen molar-refractivity contribution in [3.05, 3.63) is 34.9 Å². The summed E-state index contributed by atoms with van der Waals surface area (Å²) in [7, 11) is 0. The molecule has 0 aliphatic carbocycles. The Kier molecular flexibility index (Phi) is 7.24. The van der Waals surface area contributed by atoms with Crippen molar-refractivity contribution >= 4 is 35.2 Å². The van der Waals surface area contributed by atoms with Gasteiger partial charge in [-0.3, -0.25) is 9.59 Å². The highest BCUT2D eigenvalue weighted by molar-refractivity contribution is 7.99. The van der Waals surface area contributed by atoms with Gasteiger partial charge in [-0.1, -0.05) is 23.7 Å². The van der Waals surface area contributed by atoms with Crippen LogP contribution < -0.4 is 0 Å². The summed E-state index contributed by atoms with van der Waals surface area (Å²) in [6, 6.07) is 7.66. The van der Waals surface area contributed by atoms with Crippen LogP contribution >= 0.6 is 23.4 Å². The lowest BCUT2D eigenvalue weighted by Gasteiger charge is -2.31. The fourth-order valence-electron chi connectivity index (χ4n) is 2.63. The topological polar surface area (TPSA) is 46.6 Å². The van der Waals surface area contributed by atoms with Crippen molar-refractivity contribution in [2.45, 2.75) is 25.5 Å². The molecule has 2 rings (SSSR count). The number of esters is 1. The third-order valence-corrected chi connectivity index (χ3v) is 5.00. The van der Waals surface area contributed by atoms with Gasteiger partial charge >= 0.3 is 5.97 Å². The van der Waals surface area contributed by atoms with Crippen LogP contribution in [0.3, 0.4) is 0 Å². The smallest absolute Gasteiger partial charge is 0.310 e. The Morgan fingerprint density at radius 3 is 3.00 bits per heavy atom. The molecule has 1 atom stereocenters. The molecule has 4 nitrogen and oxygen atoms in total. The lowest BCUT2D eigenvalue weighted by Crippen LogP contribution is -2.43. The average Bonchev–Trinajstić information content (AvgIpc) is 2.55. The zero-order valence-corrected chi connectivity index (χ0v) is 14.9. The molecule has 1 aliphatic heterocycles. The quantitative estimate of drug-likeness (QED) is 0.734. The minimum Gasteiger partial charge on any atom is -0.466 e. The molecule has 1 unspecified atom stereocenters. The third-order valence-electron chi connectivity index (χ3n) is 3.78. The molecule has 0 spiro atoms. The lowest BCUT2D eigenvalue weighted by molar-refractivity contribution is -0.151. The van der Waals surface area contributed by atoms with Crippen LogP contribution in [0.1, 0.15) is 25.3 Å². The van der Waals surface area contributed by atoms with Crippen molar-refractivity contribution in [1.29, 1.82) is 0 Å². The number of ether oxygens (including phenoxy) is 1. The van der Waals surface area contributed by atoms with Crippen LogP contribution in [0.15, 0.2) is 24.3 Å². The van der Waals surface area contributed by atoms with Gasteiger partial charge in [0.1, 0.15) is 0 Å². The molecule has 0 radical (unpaired) electrons. The number of hydrogen-bond donors (Lipinski definition) is 0. The summed E-state index contributed by atoms with van der Waals surface area (Å²) in [4.78, 5) is 25.9. The molecule has 6 heteroatoms. The summed E-state index contributed by atoms with van der Waals surface area (Å²) in [5.41, 5.74) is 1.11. The Hall–Kier alpha value is -1.20. The van der Waals surface area contributed by atoms with Crippen molar-refractivity contribution in [2.75, 3.05) is 25.4 Å². The van der Waals surface area contributed by atoms with Gasteiger partial charge in [0, 0.05) is 23.9 Å². The van der Waals surface area contributed by atoms with E-state index in [4.69, 9.17) is 16.3 Å². The van der Waals surface area contributed by atoms with Crippen LogP contribution in [0.2, 0.25) is 5.02 Å². The standard InChI is InChI=1S/C17H22ClNO3S/c1-2-22-17(21)14-6-4-8-19(10-14)16(20)12-23-11-13-5-3-7-15(18)9-13/h3,5,7,9,14H,2,4,6,8,10-12H2,1H3. The maximum atomic E-state index is 12.3. The van der Waals surface area contributed by atoms with Gasteiger partial charge in [0.05, 0.1) is 18.3 Å². The highest BCUT2D eigenvalue weighted by atomic mass is 35.5. The molecule has 1 fully saturated rings. The fraction of sp³-hybridized carbons (Fsp3) is 0.529. The molecule has 1 aromatic carbocycles. The van der Waals surface area contributed by atoms with E-state index in [9.17, 15) is 9.59 Å². The Balaban J connectivity index is 1.77. The van der Waals surface area contributed by atoms with Crippen LogP contribution in [0.5, 0.6) is 0 Å². The number of likely N-dealkylation sites (tertiary alicyclic amines) is 1. The molecule has 1 heterocycles. The van der Waals surface area contributed by atoms with Crippen molar-refractivity contribution in [3.8, 4) is 0 Å². The molecule has 126 valence electrons. The predicted molar refractivity (Wildman–Crippen MR) is 93.6 cm³/mol. The number of piperidine rings is 1. The number of benzene rings is 1. The highest BCUT2D eigenvalue weighted by Gasteiger charge is 2.29. The van der Waals surface area contributed by atoms with E-state index >= 15 is 0 Å². The van der Waals surface area contributed by atoms with Crippen LogP contribution in [0, 0.1) is 5.92 Å². The molecule has 1 aliphatic rings. The van der Waals surface area contributed by atoms with Crippen molar-refractivity contribution in [1.82, 2.24) is 4.90 Å².